The van der Waals surface area contributed by atoms with Crippen molar-refractivity contribution < 1.29 is 46.6 Å². The summed E-state index contributed by atoms with van der Waals surface area (Å²) < 4.78 is 2.28. The maximum atomic E-state index is 2.51. The van der Waals surface area contributed by atoms with Crippen LogP contribution in [0.25, 0.3) is 12.2 Å². The number of allylic oxidation sites excluding steroid dienone is 2. The molecule has 2 aromatic rings. The monoisotopic (exact) mass is 433 g/mol. The molecule has 0 saturated heterocycles. The van der Waals surface area contributed by atoms with Gasteiger partial charge in [0.15, 0.2) is 0 Å². The SMILES string of the molecule is C[CH](C)[Zr+2]([CH]1C=Cc2ccccc21)[CH]1C=Cc2ccccc21.[Cl-].[Cl-]. The van der Waals surface area contributed by atoms with Crippen LogP contribution in [-0.2, 0) is 21.8 Å². The van der Waals surface area contributed by atoms with E-state index >= 15 is 0 Å². The minimum absolute atomic E-state index is 0. The number of hydrogen-bond donors (Lipinski definition) is 0. The molecule has 123 valence electrons. The van der Waals surface area contributed by atoms with Crippen molar-refractivity contribution in [2.75, 3.05) is 0 Å². The van der Waals surface area contributed by atoms with Gasteiger partial charge in [-0.3, -0.25) is 0 Å². The van der Waals surface area contributed by atoms with E-state index in [-0.39, 0.29) is 24.8 Å². The van der Waals surface area contributed by atoms with Gasteiger partial charge >= 0.3 is 142 Å². The average Bonchev–Trinajstić information content (AvgIpc) is 3.13. The predicted molar refractivity (Wildman–Crippen MR) is 91.5 cm³/mol. The molecule has 2 atom stereocenters. The summed E-state index contributed by atoms with van der Waals surface area (Å²) in [6.45, 7) is 4.91. The molecule has 2 unspecified atom stereocenters. The number of halogens is 2. The second kappa shape index (κ2) is 8.17. The van der Waals surface area contributed by atoms with Gasteiger partial charge in [-0.05, 0) is 0 Å². The van der Waals surface area contributed by atoms with Crippen molar-refractivity contribution in [3.63, 3.8) is 0 Å². The molecule has 0 radical (unpaired) electrons. The van der Waals surface area contributed by atoms with Crippen LogP contribution < -0.4 is 24.8 Å². The van der Waals surface area contributed by atoms with Gasteiger partial charge in [0.25, 0.3) is 0 Å². The fourth-order valence-corrected chi connectivity index (χ4v) is 13.1. The van der Waals surface area contributed by atoms with E-state index < -0.39 is 21.8 Å². The molecule has 0 N–H and O–H groups in total. The molecule has 2 aromatic carbocycles. The molecule has 24 heavy (non-hydrogen) atoms. The molecule has 2 aliphatic carbocycles. The zero-order valence-corrected chi connectivity index (χ0v) is 17.9. The van der Waals surface area contributed by atoms with Gasteiger partial charge in [-0.25, -0.2) is 0 Å². The van der Waals surface area contributed by atoms with Gasteiger partial charge in [-0.1, -0.05) is 0 Å². The van der Waals surface area contributed by atoms with Crippen molar-refractivity contribution in [3.8, 4) is 0 Å². The van der Waals surface area contributed by atoms with Gasteiger partial charge in [-0.2, -0.15) is 0 Å². The number of hydrogen-bond acceptors (Lipinski definition) is 0. The summed E-state index contributed by atoms with van der Waals surface area (Å²) in [5, 5.41) is 0. The van der Waals surface area contributed by atoms with Gasteiger partial charge in [-0.15, -0.1) is 0 Å². The van der Waals surface area contributed by atoms with E-state index in [4.69, 9.17) is 0 Å². The molecule has 0 fully saturated rings. The quantitative estimate of drug-likeness (QED) is 0.636. The van der Waals surface area contributed by atoms with Gasteiger partial charge in [0.05, 0.1) is 0 Å². The Hall–Kier alpha value is -0.617. The summed E-state index contributed by atoms with van der Waals surface area (Å²) >= 11 is -1.75. The van der Waals surface area contributed by atoms with Crippen LogP contribution in [0, 0.1) is 0 Å². The van der Waals surface area contributed by atoms with Crippen molar-refractivity contribution in [1.29, 1.82) is 0 Å². The van der Waals surface area contributed by atoms with Crippen molar-refractivity contribution in [2.45, 2.75) is 24.7 Å². The molecule has 2 aliphatic rings. The zero-order valence-electron chi connectivity index (χ0n) is 13.9. The normalized spacial score (nSPS) is 19.5. The van der Waals surface area contributed by atoms with Gasteiger partial charge in [0.1, 0.15) is 0 Å². The standard InChI is InChI=1S/2C9H7.C3H7.2ClH.Zr/c2*1-2-5-9-7-3-6-8(9)4-1;1-3-2;;;/h2*1-7H;3H,1-2H3;2*1H;/q;;;;;+2/p-2. The molecule has 0 aromatic heterocycles. The molecule has 0 aliphatic heterocycles. The van der Waals surface area contributed by atoms with Crippen LogP contribution in [0.5, 0.6) is 0 Å². The second-order valence-corrected chi connectivity index (χ2v) is 14.9. The molecule has 0 heterocycles. The third-order valence-electron chi connectivity index (χ3n) is 4.98. The molecule has 0 saturated carbocycles. The summed E-state index contributed by atoms with van der Waals surface area (Å²) in [6, 6.07) is 18.0. The van der Waals surface area contributed by atoms with E-state index in [0.29, 0.717) is 0 Å². The number of benzene rings is 2. The Bertz CT molecular complexity index is 702. The third kappa shape index (κ3) is 3.36. The van der Waals surface area contributed by atoms with Crippen LogP contribution in [0.4, 0.5) is 0 Å². The maximum Gasteiger partial charge on any atom is -1.00 e. The van der Waals surface area contributed by atoms with Crippen LogP contribution in [0.3, 0.4) is 0 Å². The summed E-state index contributed by atoms with van der Waals surface area (Å²) in [4.78, 5) is 0. The van der Waals surface area contributed by atoms with E-state index in [1.807, 2.05) is 0 Å². The van der Waals surface area contributed by atoms with Crippen molar-refractivity contribution in [2.24, 2.45) is 0 Å². The fourth-order valence-electron chi connectivity index (χ4n) is 3.99. The smallest absolute Gasteiger partial charge is 1.00 e. The fraction of sp³-hybridized carbons (Fsp3) is 0.238. The van der Waals surface area contributed by atoms with Crippen LogP contribution in [-0.4, -0.2) is 0 Å². The Morgan fingerprint density at radius 1 is 0.708 bits per heavy atom. The zero-order chi connectivity index (χ0) is 15.1. The number of fused-ring (bicyclic) bond motifs is 2. The van der Waals surface area contributed by atoms with Gasteiger partial charge in [0.2, 0.25) is 0 Å². The molecule has 4 rings (SSSR count). The molecular formula is C21H21Cl2Zr. The summed E-state index contributed by atoms with van der Waals surface area (Å²) in [7, 11) is 0. The Labute approximate surface area is 165 Å². The van der Waals surface area contributed by atoms with E-state index in [0.717, 1.165) is 10.9 Å². The maximum absolute atomic E-state index is 2.51. The molecule has 0 nitrogen and oxygen atoms in total. The molecule has 3 heteroatoms. The van der Waals surface area contributed by atoms with Gasteiger partial charge < -0.3 is 24.8 Å². The molecule has 0 bridgehead atoms. The van der Waals surface area contributed by atoms with Crippen LogP contribution in [0.2, 0.25) is 3.63 Å². The first-order valence-corrected chi connectivity index (χ1v) is 12.4. The Morgan fingerprint density at radius 3 is 1.54 bits per heavy atom. The first-order chi connectivity index (χ1) is 10.8. The Balaban J connectivity index is 0.00000104. The largest absolute Gasteiger partial charge is 1.00 e. The van der Waals surface area contributed by atoms with E-state index in [9.17, 15) is 0 Å². The Morgan fingerprint density at radius 2 is 1.12 bits per heavy atom. The van der Waals surface area contributed by atoms with Crippen molar-refractivity contribution in [3.05, 3.63) is 82.9 Å². The third-order valence-corrected chi connectivity index (χ3v) is 14.3. The van der Waals surface area contributed by atoms with E-state index in [1.54, 1.807) is 11.1 Å². The summed E-state index contributed by atoms with van der Waals surface area (Å²) in [5.74, 6) is 0. The second-order valence-electron chi connectivity index (χ2n) is 6.59. The summed E-state index contributed by atoms with van der Waals surface area (Å²) in [6.07, 6.45) is 9.73. The average molecular weight is 436 g/mol. The van der Waals surface area contributed by atoms with Crippen LogP contribution in [0.15, 0.2) is 60.7 Å². The topological polar surface area (TPSA) is 0 Å². The first-order valence-electron chi connectivity index (χ1n) is 8.16. The minimum Gasteiger partial charge on any atom is -1.00 e. The van der Waals surface area contributed by atoms with Gasteiger partial charge in [0, 0.05) is 0 Å². The molecule has 0 spiro atoms. The Kier molecular flexibility index (Phi) is 6.71. The van der Waals surface area contributed by atoms with Crippen molar-refractivity contribution in [1.82, 2.24) is 0 Å². The first kappa shape index (κ1) is 19.7. The summed E-state index contributed by atoms with van der Waals surface area (Å²) in [5.41, 5.74) is 6.06. The van der Waals surface area contributed by atoms with Crippen LogP contribution in [0.1, 0.15) is 43.4 Å². The molecular weight excluding hydrogens is 414 g/mol. The predicted octanol–water partition coefficient (Wildman–Crippen LogP) is -0.0229. The van der Waals surface area contributed by atoms with Crippen molar-refractivity contribution >= 4 is 12.2 Å². The minimum atomic E-state index is -1.75. The van der Waals surface area contributed by atoms with E-state index in [2.05, 4.69) is 86.7 Å². The van der Waals surface area contributed by atoms with Crippen LogP contribution >= 0.6 is 0 Å². The molecule has 0 amide bonds. The number of rotatable bonds is 3. The van der Waals surface area contributed by atoms with E-state index in [1.165, 1.54) is 11.1 Å².